The maximum Gasteiger partial charge on any atom is 0.188 e. The van der Waals surface area contributed by atoms with Crippen molar-refractivity contribution in [2.24, 2.45) is 5.41 Å². The van der Waals surface area contributed by atoms with Gasteiger partial charge in [0.1, 0.15) is 12.1 Å². The number of methoxy groups -OCH3 is 1. The molecule has 8 nitrogen and oxygen atoms in total. The molecule has 2 heterocycles. The largest absolute Gasteiger partial charge is 0.468 e. The van der Waals surface area contributed by atoms with E-state index >= 15 is 0 Å². The standard InChI is InChI=1S/C20H27IN6O2S/c1-20(2,3)10-23-7-8-27-18-16(17(22)24-11-25-18)26-19(27)30-15-9-13(29-12-28-4)5-6-14(15)21/h5-6,9,11,23H,7-8,10,12H2,1-4H3,(H2,22,24,25). The number of benzene rings is 1. The van der Waals surface area contributed by atoms with Crippen LogP contribution in [-0.2, 0) is 11.3 Å². The van der Waals surface area contributed by atoms with Crippen molar-refractivity contribution < 1.29 is 9.47 Å². The highest BCUT2D eigenvalue weighted by atomic mass is 127. The van der Waals surface area contributed by atoms with Gasteiger partial charge in [-0.3, -0.25) is 0 Å². The van der Waals surface area contributed by atoms with Crippen LogP contribution in [0, 0.1) is 8.99 Å². The van der Waals surface area contributed by atoms with Gasteiger partial charge in [0.2, 0.25) is 0 Å². The molecule has 0 unspecified atom stereocenters. The summed E-state index contributed by atoms with van der Waals surface area (Å²) in [4.78, 5) is 14.3. The topological polar surface area (TPSA) is 100 Å². The van der Waals surface area contributed by atoms with Gasteiger partial charge in [-0.1, -0.05) is 32.5 Å². The summed E-state index contributed by atoms with van der Waals surface area (Å²) in [6, 6.07) is 5.93. The first kappa shape index (κ1) is 23.0. The monoisotopic (exact) mass is 542 g/mol. The second-order valence-corrected chi connectivity index (χ2v) is 10.1. The minimum Gasteiger partial charge on any atom is -0.468 e. The number of aromatic nitrogens is 4. The van der Waals surface area contributed by atoms with Crippen molar-refractivity contribution in [2.45, 2.75) is 37.4 Å². The molecule has 0 saturated carbocycles. The van der Waals surface area contributed by atoms with Crippen LogP contribution in [0.5, 0.6) is 5.75 Å². The van der Waals surface area contributed by atoms with Crippen molar-refractivity contribution in [1.29, 1.82) is 0 Å². The highest BCUT2D eigenvalue weighted by molar-refractivity contribution is 14.1. The van der Waals surface area contributed by atoms with Gasteiger partial charge >= 0.3 is 0 Å². The second-order valence-electron chi connectivity index (χ2n) is 7.96. The van der Waals surface area contributed by atoms with E-state index in [1.54, 1.807) is 18.9 Å². The van der Waals surface area contributed by atoms with E-state index in [0.29, 0.717) is 11.3 Å². The van der Waals surface area contributed by atoms with Crippen LogP contribution in [0.1, 0.15) is 20.8 Å². The average molecular weight is 542 g/mol. The van der Waals surface area contributed by atoms with E-state index in [1.165, 1.54) is 6.33 Å². The number of nitrogen functional groups attached to an aromatic ring is 1. The molecular formula is C20H27IN6O2S. The van der Waals surface area contributed by atoms with Crippen molar-refractivity contribution in [3.8, 4) is 5.75 Å². The normalized spacial score (nSPS) is 11.9. The fourth-order valence-electron chi connectivity index (χ4n) is 2.74. The van der Waals surface area contributed by atoms with E-state index in [4.69, 9.17) is 20.2 Å². The minimum atomic E-state index is 0.203. The van der Waals surface area contributed by atoms with Gasteiger partial charge in [-0.05, 0) is 46.2 Å². The van der Waals surface area contributed by atoms with Crippen molar-refractivity contribution in [1.82, 2.24) is 24.8 Å². The molecule has 0 radical (unpaired) electrons. The molecule has 0 amide bonds. The zero-order valence-electron chi connectivity index (χ0n) is 17.6. The second kappa shape index (κ2) is 10.1. The third-order valence-corrected chi connectivity index (χ3v) is 6.50. The Morgan fingerprint density at radius 1 is 1.27 bits per heavy atom. The number of imidazole rings is 1. The molecule has 0 aliphatic carbocycles. The summed E-state index contributed by atoms with van der Waals surface area (Å²) in [6.07, 6.45) is 1.48. The zero-order chi connectivity index (χ0) is 21.7. The molecule has 3 rings (SSSR count). The van der Waals surface area contributed by atoms with E-state index in [0.717, 1.165) is 44.7 Å². The fourth-order valence-corrected chi connectivity index (χ4v) is 4.37. The third kappa shape index (κ3) is 5.96. The Labute approximate surface area is 194 Å². The summed E-state index contributed by atoms with van der Waals surface area (Å²) >= 11 is 3.87. The molecule has 162 valence electrons. The Balaban J connectivity index is 1.88. The summed E-state index contributed by atoms with van der Waals surface area (Å²) in [5.41, 5.74) is 7.65. The fraction of sp³-hybridized carbons (Fsp3) is 0.450. The Morgan fingerprint density at radius 3 is 2.80 bits per heavy atom. The van der Waals surface area contributed by atoms with Crippen LogP contribution in [0.25, 0.3) is 11.2 Å². The number of nitrogens with zero attached hydrogens (tertiary/aromatic N) is 4. The molecule has 0 saturated heterocycles. The van der Waals surface area contributed by atoms with Gasteiger partial charge in [0.15, 0.2) is 28.9 Å². The van der Waals surface area contributed by atoms with E-state index in [2.05, 4.69) is 63.2 Å². The Hall–Kier alpha value is -1.63. The maximum atomic E-state index is 6.07. The first-order chi connectivity index (χ1) is 14.3. The van der Waals surface area contributed by atoms with Crippen LogP contribution in [0.3, 0.4) is 0 Å². The summed E-state index contributed by atoms with van der Waals surface area (Å²) in [5.74, 6) is 1.13. The van der Waals surface area contributed by atoms with Crippen molar-refractivity contribution in [3.05, 3.63) is 28.1 Å². The molecule has 3 aromatic rings. The van der Waals surface area contributed by atoms with Crippen LogP contribution >= 0.6 is 34.4 Å². The van der Waals surface area contributed by atoms with E-state index in [9.17, 15) is 0 Å². The molecule has 0 aliphatic heterocycles. The van der Waals surface area contributed by atoms with Gasteiger partial charge < -0.3 is 25.1 Å². The smallest absolute Gasteiger partial charge is 0.188 e. The Morgan fingerprint density at radius 2 is 2.07 bits per heavy atom. The molecule has 2 aromatic heterocycles. The number of fused-ring (bicyclic) bond motifs is 1. The number of halogens is 1. The lowest BCUT2D eigenvalue weighted by Gasteiger charge is -2.19. The molecule has 1 aromatic carbocycles. The number of nitrogens with two attached hydrogens (primary N) is 1. The van der Waals surface area contributed by atoms with Crippen LogP contribution in [0.2, 0.25) is 0 Å². The maximum absolute atomic E-state index is 6.07. The lowest BCUT2D eigenvalue weighted by atomic mass is 9.97. The lowest BCUT2D eigenvalue weighted by molar-refractivity contribution is 0.0509. The van der Waals surface area contributed by atoms with Gasteiger partial charge in [-0.15, -0.1) is 0 Å². The van der Waals surface area contributed by atoms with E-state index in [1.807, 2.05) is 18.2 Å². The van der Waals surface area contributed by atoms with Crippen molar-refractivity contribution in [3.63, 3.8) is 0 Å². The van der Waals surface area contributed by atoms with Crippen LogP contribution in [0.4, 0.5) is 5.82 Å². The highest BCUT2D eigenvalue weighted by Gasteiger charge is 2.17. The average Bonchev–Trinajstić information content (AvgIpc) is 3.04. The van der Waals surface area contributed by atoms with Gasteiger partial charge in [0, 0.05) is 35.2 Å². The number of nitrogens with one attached hydrogen (secondary N) is 1. The predicted octanol–water partition coefficient (Wildman–Crippen LogP) is 3.78. The molecule has 0 aliphatic rings. The van der Waals surface area contributed by atoms with Crippen molar-refractivity contribution in [2.75, 3.05) is 32.7 Å². The summed E-state index contributed by atoms with van der Waals surface area (Å²) < 4.78 is 13.8. The number of anilines is 1. The molecule has 30 heavy (non-hydrogen) atoms. The van der Waals surface area contributed by atoms with Crippen LogP contribution in [0.15, 0.2) is 34.6 Å². The molecule has 0 bridgehead atoms. The quantitative estimate of drug-likeness (QED) is 0.240. The van der Waals surface area contributed by atoms with Gasteiger partial charge in [-0.25, -0.2) is 15.0 Å². The SMILES string of the molecule is COCOc1ccc(I)c(Sc2nc3c(N)ncnc3n2CCNCC(C)(C)C)c1. The van der Waals surface area contributed by atoms with Crippen LogP contribution in [-0.4, -0.2) is 46.5 Å². The molecule has 0 spiro atoms. The van der Waals surface area contributed by atoms with Gasteiger partial charge in [0.25, 0.3) is 0 Å². The number of rotatable bonds is 9. The highest BCUT2D eigenvalue weighted by Crippen LogP contribution is 2.35. The van der Waals surface area contributed by atoms with Gasteiger partial charge in [-0.2, -0.15) is 0 Å². The lowest BCUT2D eigenvalue weighted by Crippen LogP contribution is -2.29. The number of hydrogen-bond acceptors (Lipinski definition) is 8. The Bertz CT molecular complexity index is 1000. The van der Waals surface area contributed by atoms with E-state index in [-0.39, 0.29) is 12.2 Å². The van der Waals surface area contributed by atoms with Gasteiger partial charge in [0.05, 0.1) is 0 Å². The zero-order valence-corrected chi connectivity index (χ0v) is 20.6. The molecule has 0 atom stereocenters. The molecule has 0 fully saturated rings. The summed E-state index contributed by atoms with van der Waals surface area (Å²) in [6.45, 7) is 9.29. The molecular weight excluding hydrogens is 515 g/mol. The first-order valence-electron chi connectivity index (χ1n) is 9.55. The van der Waals surface area contributed by atoms with Crippen LogP contribution < -0.4 is 15.8 Å². The van der Waals surface area contributed by atoms with E-state index < -0.39 is 0 Å². The summed E-state index contributed by atoms with van der Waals surface area (Å²) in [7, 11) is 1.60. The first-order valence-corrected chi connectivity index (χ1v) is 11.4. The Kier molecular flexibility index (Phi) is 7.77. The van der Waals surface area contributed by atoms with Crippen molar-refractivity contribution >= 4 is 51.3 Å². The predicted molar refractivity (Wildman–Crippen MR) is 128 cm³/mol. The summed E-state index contributed by atoms with van der Waals surface area (Å²) in [5, 5.41) is 4.33. The molecule has 3 N–H and O–H groups in total. The number of hydrogen-bond donors (Lipinski definition) is 2. The number of ether oxygens (including phenoxy) is 2. The third-order valence-electron chi connectivity index (χ3n) is 4.14. The molecule has 10 heteroatoms. The minimum absolute atomic E-state index is 0.203.